The second-order valence-electron chi connectivity index (χ2n) is 5.80. The molecule has 0 unspecified atom stereocenters. The molecule has 0 saturated carbocycles. The summed E-state index contributed by atoms with van der Waals surface area (Å²) in [6.45, 7) is 5.93. The molecule has 0 aliphatic heterocycles. The number of ketones is 1. The van der Waals surface area contributed by atoms with Crippen LogP contribution in [-0.4, -0.2) is 14.9 Å². The van der Waals surface area contributed by atoms with Crippen LogP contribution in [0.3, 0.4) is 0 Å². The molecular formula is C17H20N2O3. The number of carbonyl (C=O) groups excluding carboxylic acids is 1. The van der Waals surface area contributed by atoms with Gasteiger partial charge < -0.3 is 0 Å². The lowest BCUT2D eigenvalue weighted by atomic mass is 10.2. The van der Waals surface area contributed by atoms with Crippen molar-refractivity contribution in [3.8, 4) is 0 Å². The molecule has 2 aromatic rings. The molecule has 1 heterocycles. The summed E-state index contributed by atoms with van der Waals surface area (Å²) in [7, 11) is 0. The van der Waals surface area contributed by atoms with Gasteiger partial charge in [0.1, 0.15) is 0 Å². The molecule has 0 fully saturated rings. The maximum atomic E-state index is 12.5. The molecule has 0 atom stereocenters. The quantitative estimate of drug-likeness (QED) is 0.793. The van der Waals surface area contributed by atoms with Gasteiger partial charge in [-0.1, -0.05) is 44.2 Å². The Hall–Kier alpha value is -2.43. The summed E-state index contributed by atoms with van der Waals surface area (Å²) in [5.74, 6) is -0.0931. The van der Waals surface area contributed by atoms with Gasteiger partial charge in [0.2, 0.25) is 0 Å². The van der Waals surface area contributed by atoms with Gasteiger partial charge in [0.05, 0.1) is 12.1 Å². The molecule has 1 aromatic carbocycles. The van der Waals surface area contributed by atoms with Crippen molar-refractivity contribution in [1.29, 1.82) is 0 Å². The second kappa shape index (κ2) is 6.56. The average Bonchev–Trinajstić information content (AvgIpc) is 2.46. The molecule has 0 radical (unpaired) electrons. The van der Waals surface area contributed by atoms with Gasteiger partial charge in [0.15, 0.2) is 5.78 Å². The normalized spacial score (nSPS) is 10.9. The number of carbonyl (C=O) groups is 1. The van der Waals surface area contributed by atoms with Crippen LogP contribution in [-0.2, 0) is 13.1 Å². The zero-order valence-corrected chi connectivity index (χ0v) is 13.1. The first-order chi connectivity index (χ1) is 10.4. The fraction of sp³-hybridized carbons (Fsp3) is 0.353. The maximum absolute atomic E-state index is 12.5. The van der Waals surface area contributed by atoms with Crippen LogP contribution in [0, 0.1) is 5.92 Å². The molecule has 0 bridgehead atoms. The zero-order chi connectivity index (χ0) is 16.3. The highest BCUT2D eigenvalue weighted by atomic mass is 16.2. The van der Waals surface area contributed by atoms with Crippen molar-refractivity contribution in [2.45, 2.75) is 33.9 Å². The molecule has 116 valence electrons. The second-order valence-corrected chi connectivity index (χ2v) is 5.80. The van der Waals surface area contributed by atoms with E-state index in [2.05, 4.69) is 0 Å². The molecule has 0 saturated heterocycles. The number of hydrogen-bond acceptors (Lipinski definition) is 3. The minimum Gasteiger partial charge on any atom is -0.299 e. The summed E-state index contributed by atoms with van der Waals surface area (Å²) in [5, 5.41) is 0. The smallest absolute Gasteiger partial charge is 0.299 e. The van der Waals surface area contributed by atoms with Crippen molar-refractivity contribution in [2.75, 3.05) is 0 Å². The SMILES string of the molecule is CC(=O)c1cn(CC(C)C)c(=O)n(Cc2ccccc2)c1=O. The van der Waals surface area contributed by atoms with E-state index in [0.29, 0.717) is 6.54 Å². The van der Waals surface area contributed by atoms with Crippen LogP contribution in [0.25, 0.3) is 0 Å². The van der Waals surface area contributed by atoms with E-state index in [1.54, 1.807) is 0 Å². The Balaban J connectivity index is 2.60. The number of rotatable bonds is 5. The third kappa shape index (κ3) is 3.42. The van der Waals surface area contributed by atoms with E-state index >= 15 is 0 Å². The monoisotopic (exact) mass is 300 g/mol. The highest BCUT2D eigenvalue weighted by molar-refractivity contribution is 5.93. The van der Waals surface area contributed by atoms with E-state index in [4.69, 9.17) is 0 Å². The molecule has 0 N–H and O–H groups in total. The predicted molar refractivity (Wildman–Crippen MR) is 85.3 cm³/mol. The van der Waals surface area contributed by atoms with E-state index in [9.17, 15) is 14.4 Å². The van der Waals surface area contributed by atoms with Crippen LogP contribution >= 0.6 is 0 Å². The first-order valence-electron chi connectivity index (χ1n) is 7.29. The van der Waals surface area contributed by atoms with Crippen molar-refractivity contribution in [1.82, 2.24) is 9.13 Å². The molecule has 5 nitrogen and oxygen atoms in total. The molecule has 2 rings (SSSR count). The van der Waals surface area contributed by atoms with Gasteiger partial charge in [-0.25, -0.2) is 4.79 Å². The van der Waals surface area contributed by atoms with Gasteiger partial charge in [-0.3, -0.25) is 18.7 Å². The minimum absolute atomic E-state index is 0.0520. The van der Waals surface area contributed by atoms with Crippen LogP contribution < -0.4 is 11.2 Å². The van der Waals surface area contributed by atoms with E-state index in [1.165, 1.54) is 17.7 Å². The van der Waals surface area contributed by atoms with E-state index in [-0.39, 0.29) is 29.5 Å². The van der Waals surface area contributed by atoms with Crippen molar-refractivity contribution in [3.63, 3.8) is 0 Å². The highest BCUT2D eigenvalue weighted by Gasteiger charge is 2.15. The summed E-state index contributed by atoms with van der Waals surface area (Å²) in [5.41, 5.74) is -0.0106. The number of nitrogens with zero attached hydrogens (tertiary/aromatic N) is 2. The molecule has 0 aliphatic rings. The Morgan fingerprint density at radius 1 is 1.14 bits per heavy atom. The Kier molecular flexibility index (Phi) is 4.75. The molecule has 0 spiro atoms. The molecule has 5 heteroatoms. The van der Waals surface area contributed by atoms with Crippen molar-refractivity contribution >= 4 is 5.78 Å². The first-order valence-corrected chi connectivity index (χ1v) is 7.29. The average molecular weight is 300 g/mol. The van der Waals surface area contributed by atoms with Crippen LogP contribution in [0.4, 0.5) is 0 Å². The Morgan fingerprint density at radius 2 is 1.77 bits per heavy atom. The van der Waals surface area contributed by atoms with Gasteiger partial charge >= 0.3 is 5.69 Å². The standard InChI is InChI=1S/C17H20N2O3/c1-12(2)9-18-11-15(13(3)20)16(21)19(17(18)22)10-14-7-5-4-6-8-14/h4-8,11-12H,9-10H2,1-3H3. The Labute approximate surface area is 128 Å². The predicted octanol–water partition coefficient (Wildman–Crippen LogP) is 1.92. The molecular weight excluding hydrogens is 280 g/mol. The summed E-state index contributed by atoms with van der Waals surface area (Å²) < 4.78 is 2.58. The van der Waals surface area contributed by atoms with Crippen LogP contribution in [0.2, 0.25) is 0 Å². The van der Waals surface area contributed by atoms with Gasteiger partial charge in [-0.2, -0.15) is 0 Å². The van der Waals surface area contributed by atoms with Gasteiger partial charge in [-0.15, -0.1) is 0 Å². The van der Waals surface area contributed by atoms with Gasteiger partial charge in [0.25, 0.3) is 5.56 Å². The topological polar surface area (TPSA) is 61.1 Å². The van der Waals surface area contributed by atoms with E-state index in [0.717, 1.165) is 10.1 Å². The highest BCUT2D eigenvalue weighted by Crippen LogP contribution is 2.02. The third-order valence-electron chi connectivity index (χ3n) is 3.36. The third-order valence-corrected chi connectivity index (χ3v) is 3.36. The Bertz CT molecular complexity index is 786. The zero-order valence-electron chi connectivity index (χ0n) is 13.1. The van der Waals surface area contributed by atoms with Crippen LogP contribution in [0.1, 0.15) is 36.7 Å². The number of aromatic nitrogens is 2. The Morgan fingerprint density at radius 3 is 2.32 bits per heavy atom. The van der Waals surface area contributed by atoms with Crippen molar-refractivity contribution in [2.24, 2.45) is 5.92 Å². The first kappa shape index (κ1) is 15.9. The lowest BCUT2D eigenvalue weighted by Crippen LogP contribution is -2.42. The largest absolute Gasteiger partial charge is 0.331 e. The van der Waals surface area contributed by atoms with Gasteiger partial charge in [0, 0.05) is 12.7 Å². The maximum Gasteiger partial charge on any atom is 0.331 e. The lowest BCUT2D eigenvalue weighted by Gasteiger charge is -2.13. The number of Topliss-reactive ketones (excluding diaryl/α,β-unsaturated/α-hetero) is 1. The number of benzene rings is 1. The summed E-state index contributed by atoms with van der Waals surface area (Å²) in [6.07, 6.45) is 1.38. The summed E-state index contributed by atoms with van der Waals surface area (Å²) in [6, 6.07) is 9.26. The molecule has 0 aliphatic carbocycles. The van der Waals surface area contributed by atoms with Crippen LogP contribution in [0.15, 0.2) is 46.1 Å². The summed E-state index contributed by atoms with van der Waals surface area (Å²) >= 11 is 0. The van der Waals surface area contributed by atoms with Crippen molar-refractivity contribution in [3.05, 3.63) is 68.5 Å². The fourth-order valence-electron chi connectivity index (χ4n) is 2.32. The molecule has 1 aromatic heterocycles. The van der Waals surface area contributed by atoms with Crippen molar-refractivity contribution < 1.29 is 4.79 Å². The number of hydrogen-bond donors (Lipinski definition) is 0. The lowest BCUT2D eigenvalue weighted by molar-refractivity contribution is 0.101. The minimum atomic E-state index is -0.527. The van der Waals surface area contributed by atoms with Gasteiger partial charge in [-0.05, 0) is 18.4 Å². The van der Waals surface area contributed by atoms with Crippen LogP contribution in [0.5, 0.6) is 0 Å². The molecule has 0 amide bonds. The van der Waals surface area contributed by atoms with E-state index in [1.807, 2.05) is 44.2 Å². The van der Waals surface area contributed by atoms with E-state index < -0.39 is 5.56 Å². The fourth-order valence-corrected chi connectivity index (χ4v) is 2.32. The summed E-state index contributed by atoms with van der Waals surface area (Å²) in [4.78, 5) is 36.6. The molecule has 22 heavy (non-hydrogen) atoms.